The highest BCUT2D eigenvalue weighted by molar-refractivity contribution is 7.26. The molecule has 0 aliphatic carbocycles. The maximum absolute atomic E-state index is 2.46. The molecule has 0 aliphatic heterocycles. The molecule has 2 aromatic heterocycles. The van der Waals surface area contributed by atoms with E-state index in [-0.39, 0.29) is 0 Å². The maximum Gasteiger partial charge on any atom is 0.0719 e. The number of anilines is 6. The van der Waals surface area contributed by atoms with Gasteiger partial charge in [0.2, 0.25) is 0 Å². The summed E-state index contributed by atoms with van der Waals surface area (Å²) >= 11 is 1.89. The Labute approximate surface area is 376 Å². The fourth-order valence-electron chi connectivity index (χ4n) is 9.34. The number of nitrogens with zero attached hydrogens (tertiary/aromatic N) is 3. The lowest BCUT2D eigenvalue weighted by molar-refractivity contribution is 1.19. The lowest BCUT2D eigenvalue weighted by Crippen LogP contribution is -2.12. The first kappa shape index (κ1) is 37.6. The molecule has 0 fully saturated rings. The van der Waals surface area contributed by atoms with Crippen LogP contribution in [0.4, 0.5) is 34.1 Å². The van der Waals surface area contributed by atoms with Crippen LogP contribution in [0.1, 0.15) is 0 Å². The molecule has 0 atom stereocenters. The van der Waals surface area contributed by atoms with Crippen molar-refractivity contribution in [3.05, 3.63) is 249 Å². The molecule has 302 valence electrons. The molecule has 0 N–H and O–H groups in total. The summed E-state index contributed by atoms with van der Waals surface area (Å²) in [5.74, 6) is 0. The first-order valence-corrected chi connectivity index (χ1v) is 22.6. The van der Waals surface area contributed by atoms with Gasteiger partial charge in [-0.25, -0.2) is 0 Å². The molecule has 64 heavy (non-hydrogen) atoms. The number of rotatable bonds is 9. The van der Waals surface area contributed by atoms with Gasteiger partial charge in [0.15, 0.2) is 0 Å². The molecule has 3 nitrogen and oxygen atoms in total. The van der Waals surface area contributed by atoms with E-state index in [0.29, 0.717) is 0 Å². The van der Waals surface area contributed by atoms with Crippen LogP contribution in [0.3, 0.4) is 0 Å². The monoisotopic (exact) mass is 835 g/mol. The van der Waals surface area contributed by atoms with E-state index in [1.165, 1.54) is 69.9 Å². The number of thiophene rings is 1. The third-order valence-corrected chi connectivity index (χ3v) is 13.6. The molecule has 12 rings (SSSR count). The predicted octanol–water partition coefficient (Wildman–Crippen LogP) is 17.4. The predicted molar refractivity (Wildman–Crippen MR) is 274 cm³/mol. The van der Waals surface area contributed by atoms with E-state index in [9.17, 15) is 0 Å². The summed E-state index contributed by atoms with van der Waals surface area (Å²) in [6, 6.07) is 89.7. The van der Waals surface area contributed by atoms with E-state index in [2.05, 4.69) is 263 Å². The van der Waals surface area contributed by atoms with E-state index >= 15 is 0 Å². The van der Waals surface area contributed by atoms with Gasteiger partial charge in [0.05, 0.1) is 15.7 Å². The Bertz CT molecular complexity index is 3520. The van der Waals surface area contributed by atoms with Gasteiger partial charge in [-0.15, -0.1) is 11.3 Å². The second-order valence-electron chi connectivity index (χ2n) is 16.2. The van der Waals surface area contributed by atoms with Crippen LogP contribution in [-0.4, -0.2) is 4.57 Å². The average Bonchev–Trinajstić information content (AvgIpc) is 3.92. The number of fused-ring (bicyclic) bond motifs is 7. The van der Waals surface area contributed by atoms with Crippen LogP contribution in [-0.2, 0) is 0 Å². The van der Waals surface area contributed by atoms with Crippen molar-refractivity contribution in [1.82, 2.24) is 4.57 Å². The molecule has 4 heteroatoms. The van der Waals surface area contributed by atoms with Gasteiger partial charge >= 0.3 is 0 Å². The van der Waals surface area contributed by atoms with Crippen LogP contribution >= 0.6 is 11.3 Å². The van der Waals surface area contributed by atoms with Crippen LogP contribution in [0.15, 0.2) is 249 Å². The van der Waals surface area contributed by atoms with Gasteiger partial charge in [-0.1, -0.05) is 146 Å². The molecule has 0 spiro atoms. The summed E-state index contributed by atoms with van der Waals surface area (Å²) < 4.78 is 5.10. The van der Waals surface area contributed by atoms with Gasteiger partial charge in [-0.3, -0.25) is 0 Å². The topological polar surface area (TPSA) is 11.4 Å². The second kappa shape index (κ2) is 15.9. The number of hydrogen-bond acceptors (Lipinski definition) is 3. The van der Waals surface area contributed by atoms with Gasteiger partial charge in [0.25, 0.3) is 0 Å². The van der Waals surface area contributed by atoms with Gasteiger partial charge < -0.3 is 14.4 Å². The van der Waals surface area contributed by atoms with Crippen molar-refractivity contribution in [1.29, 1.82) is 0 Å². The minimum atomic E-state index is 1.09. The van der Waals surface area contributed by atoms with Crippen molar-refractivity contribution < 1.29 is 0 Å². The van der Waals surface area contributed by atoms with Crippen LogP contribution in [0.2, 0.25) is 0 Å². The minimum absolute atomic E-state index is 1.09. The van der Waals surface area contributed by atoms with Crippen molar-refractivity contribution in [2.24, 2.45) is 0 Å². The minimum Gasteiger partial charge on any atom is -0.311 e. The zero-order valence-electron chi connectivity index (χ0n) is 34.9. The van der Waals surface area contributed by atoms with Crippen molar-refractivity contribution in [3.8, 4) is 27.9 Å². The van der Waals surface area contributed by atoms with E-state index in [1.807, 2.05) is 11.3 Å². The van der Waals surface area contributed by atoms with E-state index in [4.69, 9.17) is 0 Å². The highest BCUT2D eigenvalue weighted by Crippen LogP contribution is 2.44. The van der Waals surface area contributed by atoms with Crippen molar-refractivity contribution in [2.75, 3.05) is 9.80 Å². The Morgan fingerprint density at radius 2 is 0.703 bits per heavy atom. The molecular weight excluding hydrogens is 795 g/mol. The molecule has 0 radical (unpaired) electrons. The number of aromatic nitrogens is 1. The molecule has 10 aromatic carbocycles. The maximum atomic E-state index is 2.46. The summed E-state index contributed by atoms with van der Waals surface area (Å²) in [6.45, 7) is 0. The Morgan fingerprint density at radius 3 is 1.25 bits per heavy atom. The third kappa shape index (κ3) is 6.60. The summed E-state index contributed by atoms with van der Waals surface area (Å²) in [5, 5.41) is 5.17. The summed E-state index contributed by atoms with van der Waals surface area (Å²) in [5.41, 5.74) is 15.0. The van der Waals surface area contributed by atoms with Crippen molar-refractivity contribution in [2.45, 2.75) is 0 Å². The molecule has 0 saturated carbocycles. The zero-order valence-corrected chi connectivity index (χ0v) is 35.7. The normalized spacial score (nSPS) is 11.4. The number of para-hydroxylation sites is 4. The quantitative estimate of drug-likeness (QED) is 0.143. The molecular formula is C60H41N3S. The molecule has 2 heterocycles. The molecule has 12 aromatic rings. The summed E-state index contributed by atoms with van der Waals surface area (Å²) in [6.07, 6.45) is 0. The SMILES string of the molecule is c1ccc(N(c2ccccc2)c2ccc(N(c3ccccc3)c3ccc(-c4ccc(-c5ccc6c(c5)c5ccc7c8ccccc8sc7c5n6-c5ccccc5)cc4)cc3)cc2)cc1. The fourth-order valence-corrected chi connectivity index (χ4v) is 10.6. The Hall–Kier alpha value is -8.18. The van der Waals surface area contributed by atoms with Gasteiger partial charge in [-0.2, -0.15) is 0 Å². The third-order valence-electron chi connectivity index (χ3n) is 12.4. The van der Waals surface area contributed by atoms with Crippen LogP contribution in [0, 0.1) is 0 Å². The smallest absolute Gasteiger partial charge is 0.0719 e. The lowest BCUT2D eigenvalue weighted by Gasteiger charge is -2.28. The van der Waals surface area contributed by atoms with Crippen molar-refractivity contribution >= 4 is 87.4 Å². The lowest BCUT2D eigenvalue weighted by atomic mass is 9.98. The molecule has 0 bridgehead atoms. The molecule has 0 aliphatic rings. The van der Waals surface area contributed by atoms with Gasteiger partial charge in [0, 0.05) is 66.1 Å². The first-order valence-electron chi connectivity index (χ1n) is 21.8. The standard InChI is InChI=1S/C60H41N3S/c1-5-15-46(16-6-1)61(47-17-7-2-8-18-47)51-34-36-52(37-35-51)62(48-19-9-3-10-20-48)50-32-29-43(30-33-50)42-25-27-44(28-26-42)45-31-40-57-56(41-45)54-38-39-55-53-23-13-14-24-58(53)64-60(55)59(54)63(57)49-21-11-4-12-22-49/h1-41H. The Balaban J connectivity index is 0.866. The van der Waals surface area contributed by atoms with E-state index in [0.717, 1.165) is 34.1 Å². The molecule has 0 unspecified atom stereocenters. The second-order valence-corrected chi connectivity index (χ2v) is 17.2. The summed E-state index contributed by atoms with van der Waals surface area (Å²) in [7, 11) is 0. The zero-order chi connectivity index (χ0) is 42.4. The fraction of sp³-hybridized carbons (Fsp3) is 0. The van der Waals surface area contributed by atoms with E-state index < -0.39 is 0 Å². The van der Waals surface area contributed by atoms with Crippen LogP contribution < -0.4 is 9.80 Å². The largest absolute Gasteiger partial charge is 0.311 e. The van der Waals surface area contributed by atoms with E-state index in [1.54, 1.807) is 0 Å². The van der Waals surface area contributed by atoms with Crippen LogP contribution in [0.5, 0.6) is 0 Å². The van der Waals surface area contributed by atoms with Crippen molar-refractivity contribution in [3.63, 3.8) is 0 Å². The Kier molecular flexibility index (Phi) is 9.36. The average molecular weight is 836 g/mol. The number of hydrogen-bond donors (Lipinski definition) is 0. The highest BCUT2D eigenvalue weighted by atomic mass is 32.1. The molecule has 0 amide bonds. The Morgan fingerprint density at radius 1 is 0.297 bits per heavy atom. The first-order chi connectivity index (χ1) is 31.7. The number of benzene rings is 10. The van der Waals surface area contributed by atoms with Gasteiger partial charge in [-0.05, 0) is 125 Å². The molecule has 0 saturated heterocycles. The van der Waals surface area contributed by atoms with Crippen LogP contribution in [0.25, 0.3) is 69.9 Å². The summed E-state index contributed by atoms with van der Waals surface area (Å²) in [4.78, 5) is 4.62. The van der Waals surface area contributed by atoms with Gasteiger partial charge in [0.1, 0.15) is 0 Å². The highest BCUT2D eigenvalue weighted by Gasteiger charge is 2.19.